The number of likely N-dealkylation sites (tertiary alicyclic amines) is 2. The van der Waals surface area contributed by atoms with Gasteiger partial charge in [-0.25, -0.2) is 0 Å². The summed E-state index contributed by atoms with van der Waals surface area (Å²) in [5.74, 6) is 1.27. The molecule has 0 aromatic heterocycles. The van der Waals surface area contributed by atoms with Crippen molar-refractivity contribution in [3.8, 4) is 0 Å². The molecule has 172 valence electrons. The van der Waals surface area contributed by atoms with E-state index in [2.05, 4.69) is 31.0 Å². The van der Waals surface area contributed by atoms with E-state index in [1.54, 1.807) is 0 Å². The van der Waals surface area contributed by atoms with Crippen molar-refractivity contribution in [1.82, 2.24) is 15.1 Å². The first-order valence-corrected chi connectivity index (χ1v) is 11.9. The van der Waals surface area contributed by atoms with E-state index >= 15 is 0 Å². The van der Waals surface area contributed by atoms with Gasteiger partial charge >= 0.3 is 0 Å². The molecule has 2 fully saturated rings. The molecular formula is C23H47N3O3. The van der Waals surface area contributed by atoms with Gasteiger partial charge in [0.15, 0.2) is 0 Å². The van der Waals surface area contributed by atoms with Gasteiger partial charge in [-0.3, -0.25) is 9.59 Å². The molecule has 0 saturated carbocycles. The standard InChI is InChI=1S/C21H39N3O3.C2H6.H2/c1-4-18-5-11-24(12-6-18)20(25)9-15-27-16-10-22-21(26)19-7-13-23(14-8-19)17(2)3;1-2;/h17-19H,4-16H2,1-3H3,(H,22,26);1-2H3;1H. The summed E-state index contributed by atoms with van der Waals surface area (Å²) in [4.78, 5) is 28.8. The highest BCUT2D eigenvalue weighted by Gasteiger charge is 2.25. The molecule has 2 amide bonds. The monoisotopic (exact) mass is 413 g/mol. The van der Waals surface area contributed by atoms with E-state index in [1.807, 2.05) is 18.7 Å². The van der Waals surface area contributed by atoms with Crippen LogP contribution in [0.5, 0.6) is 0 Å². The molecule has 29 heavy (non-hydrogen) atoms. The van der Waals surface area contributed by atoms with Gasteiger partial charge in [0.05, 0.1) is 19.6 Å². The summed E-state index contributed by atoms with van der Waals surface area (Å²) in [5.41, 5.74) is 0. The average Bonchev–Trinajstić information content (AvgIpc) is 2.77. The van der Waals surface area contributed by atoms with E-state index < -0.39 is 0 Å². The van der Waals surface area contributed by atoms with Gasteiger partial charge in [0.1, 0.15) is 0 Å². The molecule has 0 spiro atoms. The van der Waals surface area contributed by atoms with Crippen LogP contribution in [0.2, 0.25) is 0 Å². The minimum Gasteiger partial charge on any atom is -0.379 e. The maximum atomic E-state index is 12.2. The van der Waals surface area contributed by atoms with Gasteiger partial charge in [-0.05, 0) is 58.5 Å². The second-order valence-electron chi connectivity index (χ2n) is 8.29. The van der Waals surface area contributed by atoms with E-state index in [9.17, 15) is 9.59 Å². The molecule has 0 aromatic rings. The second kappa shape index (κ2) is 14.8. The zero-order valence-electron chi connectivity index (χ0n) is 19.5. The molecule has 1 N–H and O–H groups in total. The molecule has 2 rings (SSSR count). The van der Waals surface area contributed by atoms with Crippen LogP contribution in [0.25, 0.3) is 0 Å². The van der Waals surface area contributed by atoms with Crippen LogP contribution < -0.4 is 5.32 Å². The molecule has 2 aliphatic rings. The van der Waals surface area contributed by atoms with Crippen molar-refractivity contribution in [2.24, 2.45) is 11.8 Å². The van der Waals surface area contributed by atoms with Crippen molar-refractivity contribution in [3.05, 3.63) is 0 Å². The summed E-state index contributed by atoms with van der Waals surface area (Å²) < 4.78 is 5.55. The Bertz CT molecular complexity index is 461. The largest absolute Gasteiger partial charge is 0.379 e. The van der Waals surface area contributed by atoms with Crippen LogP contribution in [-0.2, 0) is 14.3 Å². The normalized spacial score (nSPS) is 19.0. The number of piperidine rings is 2. The predicted molar refractivity (Wildman–Crippen MR) is 121 cm³/mol. The van der Waals surface area contributed by atoms with Crippen molar-refractivity contribution in [2.75, 3.05) is 45.9 Å². The van der Waals surface area contributed by atoms with E-state index in [-0.39, 0.29) is 19.2 Å². The Kier molecular flexibility index (Phi) is 13.2. The van der Waals surface area contributed by atoms with Crippen molar-refractivity contribution < 1.29 is 15.8 Å². The average molecular weight is 414 g/mol. The highest BCUT2D eigenvalue weighted by Crippen LogP contribution is 2.20. The number of ether oxygens (including phenoxy) is 1. The van der Waals surface area contributed by atoms with Gasteiger partial charge in [-0.1, -0.05) is 27.2 Å². The zero-order valence-corrected chi connectivity index (χ0v) is 19.5. The molecule has 0 unspecified atom stereocenters. The first-order chi connectivity index (χ1) is 14.0. The van der Waals surface area contributed by atoms with Gasteiger partial charge in [0.25, 0.3) is 0 Å². The third kappa shape index (κ3) is 9.47. The van der Waals surface area contributed by atoms with Gasteiger partial charge in [-0.2, -0.15) is 0 Å². The van der Waals surface area contributed by atoms with Gasteiger partial charge in [-0.15, -0.1) is 0 Å². The van der Waals surface area contributed by atoms with Crippen LogP contribution in [0.4, 0.5) is 0 Å². The number of hydrogen-bond acceptors (Lipinski definition) is 4. The number of nitrogens with zero attached hydrogens (tertiary/aromatic N) is 2. The first kappa shape index (κ1) is 25.9. The second-order valence-corrected chi connectivity index (χ2v) is 8.29. The molecular weight excluding hydrogens is 366 g/mol. The van der Waals surface area contributed by atoms with E-state index in [0.29, 0.717) is 32.2 Å². The minimum atomic E-state index is 0. The van der Waals surface area contributed by atoms with Gasteiger partial charge in [0.2, 0.25) is 11.8 Å². The van der Waals surface area contributed by atoms with Crippen molar-refractivity contribution in [3.63, 3.8) is 0 Å². The van der Waals surface area contributed by atoms with Crippen molar-refractivity contribution in [1.29, 1.82) is 0 Å². The fraction of sp³-hybridized carbons (Fsp3) is 0.913. The van der Waals surface area contributed by atoms with Gasteiger partial charge < -0.3 is 19.9 Å². The lowest BCUT2D eigenvalue weighted by Crippen LogP contribution is -2.43. The molecule has 2 aliphatic heterocycles. The van der Waals surface area contributed by atoms with E-state index in [4.69, 9.17) is 4.74 Å². The predicted octanol–water partition coefficient (Wildman–Crippen LogP) is 3.55. The fourth-order valence-electron chi connectivity index (χ4n) is 4.08. The summed E-state index contributed by atoms with van der Waals surface area (Å²) in [5, 5.41) is 2.98. The van der Waals surface area contributed by atoms with E-state index in [1.165, 1.54) is 6.42 Å². The Hall–Kier alpha value is -1.14. The van der Waals surface area contributed by atoms with Crippen LogP contribution in [-0.4, -0.2) is 73.6 Å². The lowest BCUT2D eigenvalue weighted by atomic mass is 9.94. The smallest absolute Gasteiger partial charge is 0.224 e. The lowest BCUT2D eigenvalue weighted by molar-refractivity contribution is -0.134. The fourth-order valence-corrected chi connectivity index (χ4v) is 4.08. The molecule has 2 heterocycles. The maximum Gasteiger partial charge on any atom is 0.224 e. The highest BCUT2D eigenvalue weighted by molar-refractivity contribution is 5.78. The van der Waals surface area contributed by atoms with Crippen molar-refractivity contribution >= 4 is 11.8 Å². The summed E-state index contributed by atoms with van der Waals surface area (Å²) >= 11 is 0. The molecule has 6 heteroatoms. The van der Waals surface area contributed by atoms with Crippen molar-refractivity contribution in [2.45, 2.75) is 79.2 Å². The number of hydrogen-bond donors (Lipinski definition) is 1. The topological polar surface area (TPSA) is 61.9 Å². The van der Waals surface area contributed by atoms with E-state index in [0.717, 1.165) is 57.8 Å². The maximum absolute atomic E-state index is 12.2. The zero-order chi connectivity index (χ0) is 21.6. The van der Waals surface area contributed by atoms with Crippen LogP contribution in [0.1, 0.15) is 74.6 Å². The summed E-state index contributed by atoms with van der Waals surface area (Å²) in [7, 11) is 0. The molecule has 0 aliphatic carbocycles. The Labute approximate surface area is 180 Å². The number of amides is 2. The van der Waals surface area contributed by atoms with Gasteiger partial charge in [0, 0.05) is 33.0 Å². The molecule has 2 saturated heterocycles. The molecule has 6 nitrogen and oxygen atoms in total. The number of nitrogens with one attached hydrogen (secondary N) is 1. The molecule has 0 bridgehead atoms. The van der Waals surface area contributed by atoms with Crippen LogP contribution in [0, 0.1) is 11.8 Å². The number of carbonyl (C=O) groups excluding carboxylic acids is 2. The number of rotatable bonds is 9. The van der Waals surface area contributed by atoms with Crippen LogP contribution in [0.15, 0.2) is 0 Å². The molecule has 0 atom stereocenters. The Morgan fingerprint density at radius 2 is 1.66 bits per heavy atom. The minimum absolute atomic E-state index is 0. The third-order valence-corrected chi connectivity index (χ3v) is 6.18. The summed E-state index contributed by atoms with van der Waals surface area (Å²) in [6, 6.07) is 0.558. The lowest BCUT2D eigenvalue weighted by Gasteiger charge is -2.33. The van der Waals surface area contributed by atoms with Crippen LogP contribution >= 0.6 is 0 Å². The Morgan fingerprint density at radius 1 is 1.03 bits per heavy atom. The first-order valence-electron chi connectivity index (χ1n) is 11.9. The molecule has 0 radical (unpaired) electrons. The SMILES string of the molecule is CC.CCC1CCN(C(=O)CCOCCNC(=O)C2CCN(C(C)C)CC2)CC1.[HH]. The molecule has 0 aromatic carbocycles. The Morgan fingerprint density at radius 3 is 2.21 bits per heavy atom. The summed E-state index contributed by atoms with van der Waals surface area (Å²) in [6.07, 6.45) is 5.80. The van der Waals surface area contributed by atoms with Crippen LogP contribution in [0.3, 0.4) is 0 Å². The quantitative estimate of drug-likeness (QED) is 0.587. The highest BCUT2D eigenvalue weighted by atomic mass is 16.5. The number of carbonyl (C=O) groups is 2. The summed E-state index contributed by atoms with van der Waals surface area (Å²) in [6.45, 7) is 15.9. The third-order valence-electron chi connectivity index (χ3n) is 6.18. The Balaban J connectivity index is 0.00000272.